The first-order valence-corrected chi connectivity index (χ1v) is 3.89. The molecule has 0 aliphatic rings. The van der Waals surface area contributed by atoms with Crippen LogP contribution in [0.4, 0.5) is 18.0 Å². The maximum Gasteiger partial charge on any atom is 0.516 e. The van der Waals surface area contributed by atoms with Crippen LogP contribution in [0.3, 0.4) is 0 Å². The van der Waals surface area contributed by atoms with Gasteiger partial charge in [-0.25, -0.2) is 9.10 Å². The van der Waals surface area contributed by atoms with Gasteiger partial charge in [-0.05, 0) is 0 Å². The number of nitrogens with zero attached hydrogens (tertiary/aromatic N) is 1. The molecule has 0 aromatic heterocycles. The lowest BCUT2D eigenvalue weighted by Crippen LogP contribution is -2.44. The van der Waals surface area contributed by atoms with Crippen LogP contribution >= 0.6 is 0 Å². The molecular weight excluding hydrogens is 201 g/mol. The van der Waals surface area contributed by atoms with E-state index in [1.54, 1.807) is 0 Å². The molecule has 2 amide bonds. The van der Waals surface area contributed by atoms with Gasteiger partial charge in [0.15, 0.2) is 0 Å². The second-order valence-corrected chi connectivity index (χ2v) is 3.72. The summed E-state index contributed by atoms with van der Waals surface area (Å²) in [7, 11) is -5.20. The van der Waals surface area contributed by atoms with Crippen LogP contribution in [0.15, 0.2) is 0 Å². The largest absolute Gasteiger partial charge is 0.516 e. The highest BCUT2D eigenvalue weighted by molar-refractivity contribution is 7.90. The number of hydrogen-bond acceptors (Lipinski definition) is 3. The Morgan fingerprint density at radius 2 is 1.75 bits per heavy atom. The van der Waals surface area contributed by atoms with E-state index < -0.39 is 25.9 Å². The first-order chi connectivity index (χ1) is 5.10. The van der Waals surface area contributed by atoms with E-state index in [0.717, 1.165) is 0 Å². The number of rotatable bonds is 1. The molecule has 72 valence electrons. The highest BCUT2D eigenvalue weighted by atomic mass is 32.2. The van der Waals surface area contributed by atoms with Crippen LogP contribution in [-0.2, 0) is 10.0 Å². The minimum atomic E-state index is -5.62. The quantitative estimate of drug-likeness (QED) is 0.647. The van der Waals surface area contributed by atoms with E-state index in [9.17, 15) is 26.4 Å². The molecule has 0 aliphatic heterocycles. The van der Waals surface area contributed by atoms with E-state index in [1.807, 2.05) is 0 Å². The molecule has 0 bridgehead atoms. The Balaban J connectivity index is 5.03. The van der Waals surface area contributed by atoms with E-state index in [1.165, 1.54) is 0 Å². The monoisotopic (exact) mass is 206 g/mol. The van der Waals surface area contributed by atoms with Gasteiger partial charge in [0.25, 0.3) is 0 Å². The van der Waals surface area contributed by atoms with Gasteiger partial charge in [0, 0.05) is 7.05 Å². The third-order valence-electron chi connectivity index (χ3n) is 0.963. The summed E-state index contributed by atoms with van der Waals surface area (Å²) < 4.78 is 54.8. The first kappa shape index (κ1) is 11.0. The lowest BCUT2D eigenvalue weighted by atomic mass is 11.0. The van der Waals surface area contributed by atoms with E-state index >= 15 is 0 Å². The molecule has 0 heterocycles. The van der Waals surface area contributed by atoms with Crippen LogP contribution in [0.25, 0.3) is 0 Å². The molecular formula is C3H5F3N2O3S. The normalized spacial score (nSPS) is 12.7. The summed E-state index contributed by atoms with van der Waals surface area (Å²) in [5.41, 5.74) is -1.18. The molecule has 0 fully saturated rings. The fourth-order valence-electron chi connectivity index (χ4n) is 0.274. The minimum Gasteiger partial charge on any atom is -0.351 e. The molecule has 0 saturated heterocycles. The molecule has 0 spiro atoms. The fraction of sp³-hybridized carbons (Fsp3) is 0.667. The van der Waals surface area contributed by atoms with Crippen molar-refractivity contribution < 1.29 is 26.4 Å². The van der Waals surface area contributed by atoms with Crippen molar-refractivity contribution in [3.63, 3.8) is 0 Å². The number of primary amides is 1. The number of carbonyl (C=O) groups is 1. The molecule has 0 radical (unpaired) electrons. The Labute approximate surface area is 66.0 Å². The van der Waals surface area contributed by atoms with Crippen LogP contribution in [0.1, 0.15) is 0 Å². The molecule has 0 aliphatic carbocycles. The Kier molecular flexibility index (Phi) is 2.58. The number of carbonyl (C=O) groups excluding carboxylic acids is 1. The van der Waals surface area contributed by atoms with Gasteiger partial charge in [-0.15, -0.1) is 0 Å². The molecule has 0 atom stereocenters. The van der Waals surface area contributed by atoms with Gasteiger partial charge in [-0.3, -0.25) is 0 Å². The fourth-order valence-corrected chi connectivity index (χ4v) is 0.821. The van der Waals surface area contributed by atoms with Gasteiger partial charge < -0.3 is 5.73 Å². The molecule has 12 heavy (non-hydrogen) atoms. The van der Waals surface area contributed by atoms with E-state index in [2.05, 4.69) is 5.73 Å². The summed E-state index contributed by atoms with van der Waals surface area (Å²) in [5.74, 6) is 0. The SMILES string of the molecule is CN(C(N)=O)S(=O)(=O)C(F)(F)F. The maximum absolute atomic E-state index is 11.6. The number of sulfonamides is 1. The Hall–Kier alpha value is -0.990. The highest BCUT2D eigenvalue weighted by Gasteiger charge is 2.50. The average Bonchev–Trinajstić information content (AvgIpc) is 1.83. The predicted octanol–water partition coefficient (Wildman–Crippen LogP) is -0.153. The molecule has 0 rings (SSSR count). The third-order valence-corrected chi connectivity index (χ3v) is 2.45. The van der Waals surface area contributed by atoms with Crippen molar-refractivity contribution in [1.82, 2.24) is 4.31 Å². The number of alkyl halides is 3. The lowest BCUT2D eigenvalue weighted by Gasteiger charge is -2.16. The summed E-state index contributed by atoms with van der Waals surface area (Å²) in [6.07, 6.45) is 0. The molecule has 0 saturated carbocycles. The smallest absolute Gasteiger partial charge is 0.351 e. The van der Waals surface area contributed by atoms with Crippen molar-refractivity contribution in [2.45, 2.75) is 5.51 Å². The van der Waals surface area contributed by atoms with Crippen molar-refractivity contribution in [3.05, 3.63) is 0 Å². The van der Waals surface area contributed by atoms with E-state index in [0.29, 0.717) is 7.05 Å². The Morgan fingerprint density at radius 1 is 1.42 bits per heavy atom. The van der Waals surface area contributed by atoms with Crippen molar-refractivity contribution >= 4 is 16.1 Å². The zero-order chi connectivity index (χ0) is 10.2. The van der Waals surface area contributed by atoms with Crippen LogP contribution in [-0.4, -0.2) is 31.3 Å². The molecule has 0 unspecified atom stereocenters. The zero-order valence-electron chi connectivity index (χ0n) is 5.79. The number of hydrogen-bond donors (Lipinski definition) is 1. The summed E-state index contributed by atoms with van der Waals surface area (Å²) in [6.45, 7) is 0. The predicted molar refractivity (Wildman–Crippen MR) is 32.3 cm³/mol. The lowest BCUT2D eigenvalue weighted by molar-refractivity contribution is -0.0472. The molecule has 0 aromatic carbocycles. The van der Waals surface area contributed by atoms with Gasteiger partial charge in [0.2, 0.25) is 0 Å². The first-order valence-electron chi connectivity index (χ1n) is 2.45. The standard InChI is InChI=1S/C3H5F3N2O3S/c1-8(2(7)9)12(10,11)3(4,5)6/h1H3,(H2,7,9). The van der Waals surface area contributed by atoms with Crippen molar-refractivity contribution in [3.8, 4) is 0 Å². The van der Waals surface area contributed by atoms with Crippen LogP contribution in [0.5, 0.6) is 0 Å². The van der Waals surface area contributed by atoms with Crippen LogP contribution in [0, 0.1) is 0 Å². The Bertz CT molecular complexity index is 282. The summed E-state index contributed by atoms with van der Waals surface area (Å²) in [5, 5.41) is 0. The van der Waals surface area contributed by atoms with Gasteiger partial charge in [-0.1, -0.05) is 0 Å². The number of amides is 2. The third kappa shape index (κ3) is 1.78. The van der Waals surface area contributed by atoms with Gasteiger partial charge in [0.05, 0.1) is 0 Å². The van der Waals surface area contributed by atoms with Crippen LogP contribution in [0.2, 0.25) is 0 Å². The Morgan fingerprint density at radius 3 is 1.83 bits per heavy atom. The summed E-state index contributed by atoms with van der Waals surface area (Å²) in [6, 6.07) is -1.69. The summed E-state index contributed by atoms with van der Waals surface area (Å²) in [4.78, 5) is 10.1. The molecule has 5 nitrogen and oxygen atoms in total. The van der Waals surface area contributed by atoms with Crippen LogP contribution < -0.4 is 5.73 Å². The topological polar surface area (TPSA) is 80.5 Å². The minimum absolute atomic E-state index is 0.422. The zero-order valence-corrected chi connectivity index (χ0v) is 6.61. The number of halogens is 3. The second kappa shape index (κ2) is 2.81. The van der Waals surface area contributed by atoms with Crippen molar-refractivity contribution in [2.24, 2.45) is 5.73 Å². The molecule has 9 heteroatoms. The van der Waals surface area contributed by atoms with E-state index in [4.69, 9.17) is 0 Å². The molecule has 0 aromatic rings. The maximum atomic E-state index is 11.6. The number of nitrogens with two attached hydrogens (primary N) is 1. The van der Waals surface area contributed by atoms with Gasteiger partial charge in [0.1, 0.15) is 0 Å². The van der Waals surface area contributed by atoms with Gasteiger partial charge in [-0.2, -0.15) is 21.6 Å². The van der Waals surface area contributed by atoms with E-state index in [-0.39, 0.29) is 0 Å². The highest BCUT2D eigenvalue weighted by Crippen LogP contribution is 2.25. The summed E-state index contributed by atoms with van der Waals surface area (Å²) >= 11 is 0. The van der Waals surface area contributed by atoms with Crippen molar-refractivity contribution in [1.29, 1.82) is 0 Å². The second-order valence-electron chi connectivity index (χ2n) is 1.76. The van der Waals surface area contributed by atoms with Crippen molar-refractivity contribution in [2.75, 3.05) is 7.05 Å². The number of urea groups is 1. The van der Waals surface area contributed by atoms with Gasteiger partial charge >= 0.3 is 21.6 Å². The molecule has 2 N–H and O–H groups in total. The average molecular weight is 206 g/mol.